The highest BCUT2D eigenvalue weighted by atomic mass is 16.5. The summed E-state index contributed by atoms with van der Waals surface area (Å²) in [5, 5.41) is 0. The average molecular weight is 469 g/mol. The lowest BCUT2D eigenvalue weighted by molar-refractivity contribution is -0.174. The van der Waals surface area contributed by atoms with Crippen LogP contribution in [-0.4, -0.2) is 12.6 Å². The van der Waals surface area contributed by atoms with Gasteiger partial charge in [-0.25, -0.2) is 0 Å². The molecule has 5 aliphatic rings. The Hall–Kier alpha value is -0.790. The van der Waals surface area contributed by atoms with E-state index in [1.54, 1.807) is 0 Å². The molecular formula is C32H52O2. The smallest absolute Gasteiger partial charge is 0.293 e. The monoisotopic (exact) mass is 468 g/mol. The Balaban J connectivity index is 1.37. The predicted molar refractivity (Wildman–Crippen MR) is 140 cm³/mol. The summed E-state index contributed by atoms with van der Waals surface area (Å²) in [5.74, 6) is 3.99. The van der Waals surface area contributed by atoms with Gasteiger partial charge in [-0.1, -0.05) is 53.7 Å². The van der Waals surface area contributed by atoms with E-state index >= 15 is 0 Å². The SMILES string of the molecule is C=C(C)[C@@H](C)CC[C@@H](C)[C@H]1CC[C@@]2(C)[C@@H]3CC[C@H]4C(C)(C)[C@@H](OC=O)CC[C@@]45C[C@@]35CC[C@]12C. The normalized spacial score (nSPS) is 50.1. The molecule has 5 aliphatic carbocycles. The Labute approximate surface area is 210 Å². The van der Waals surface area contributed by atoms with Crippen LogP contribution in [0.15, 0.2) is 12.2 Å². The summed E-state index contributed by atoms with van der Waals surface area (Å²) in [4.78, 5) is 11.2. The van der Waals surface area contributed by atoms with Crippen molar-refractivity contribution in [2.24, 2.45) is 56.7 Å². The molecule has 0 saturated heterocycles. The van der Waals surface area contributed by atoms with E-state index in [4.69, 9.17) is 4.74 Å². The van der Waals surface area contributed by atoms with Crippen molar-refractivity contribution in [2.45, 2.75) is 125 Å². The van der Waals surface area contributed by atoms with E-state index in [-0.39, 0.29) is 11.5 Å². The minimum atomic E-state index is 0.109. The first-order valence-electron chi connectivity index (χ1n) is 14.6. The van der Waals surface area contributed by atoms with Gasteiger partial charge < -0.3 is 4.74 Å². The molecule has 0 aliphatic heterocycles. The van der Waals surface area contributed by atoms with Crippen molar-refractivity contribution in [3.8, 4) is 0 Å². The van der Waals surface area contributed by atoms with Gasteiger partial charge in [-0.15, -0.1) is 0 Å². The van der Waals surface area contributed by atoms with Gasteiger partial charge in [0.05, 0.1) is 0 Å². The molecule has 0 aromatic heterocycles. The van der Waals surface area contributed by atoms with Gasteiger partial charge in [-0.3, -0.25) is 4.79 Å². The predicted octanol–water partition coefficient (Wildman–Crippen LogP) is 8.60. The Morgan fingerprint density at radius 3 is 2.26 bits per heavy atom. The minimum absolute atomic E-state index is 0.109. The van der Waals surface area contributed by atoms with Gasteiger partial charge in [0.25, 0.3) is 6.47 Å². The molecule has 5 fully saturated rings. The quantitative estimate of drug-likeness (QED) is 0.276. The third-order valence-corrected chi connectivity index (χ3v) is 13.9. The average Bonchev–Trinajstić information content (AvgIpc) is 3.36. The summed E-state index contributed by atoms with van der Waals surface area (Å²) in [7, 11) is 0. The van der Waals surface area contributed by atoms with Crippen LogP contribution < -0.4 is 0 Å². The molecule has 0 N–H and O–H groups in total. The largest absolute Gasteiger partial charge is 0.464 e. The maximum Gasteiger partial charge on any atom is 0.293 e. The van der Waals surface area contributed by atoms with Crippen molar-refractivity contribution in [1.82, 2.24) is 0 Å². The fraction of sp³-hybridized carbons (Fsp3) is 0.906. The summed E-state index contributed by atoms with van der Waals surface area (Å²) in [6.45, 7) is 22.3. The van der Waals surface area contributed by atoms with Crippen molar-refractivity contribution in [3.63, 3.8) is 0 Å². The lowest BCUT2D eigenvalue weighted by atomic mass is 9.41. The van der Waals surface area contributed by atoms with Crippen molar-refractivity contribution in [1.29, 1.82) is 0 Å². The van der Waals surface area contributed by atoms with Gasteiger partial charge in [0.2, 0.25) is 0 Å². The fourth-order valence-electron chi connectivity index (χ4n) is 11.6. The summed E-state index contributed by atoms with van der Waals surface area (Å²) >= 11 is 0. The molecule has 2 heteroatoms. The fourth-order valence-corrected chi connectivity index (χ4v) is 11.6. The molecule has 0 unspecified atom stereocenters. The number of carbonyl (C=O) groups excluding carboxylic acids is 1. The number of fused-ring (bicyclic) bond motifs is 2. The maximum absolute atomic E-state index is 11.2. The van der Waals surface area contributed by atoms with Crippen LogP contribution in [0.4, 0.5) is 0 Å². The zero-order valence-electron chi connectivity index (χ0n) is 23.3. The lowest BCUT2D eigenvalue weighted by Crippen LogP contribution is -2.57. The van der Waals surface area contributed by atoms with E-state index in [9.17, 15) is 4.79 Å². The molecule has 2 nitrogen and oxygen atoms in total. The first kappa shape index (κ1) is 24.9. The molecule has 0 radical (unpaired) electrons. The molecule has 10 atom stereocenters. The number of hydrogen-bond acceptors (Lipinski definition) is 2. The zero-order chi connectivity index (χ0) is 24.7. The van der Waals surface area contributed by atoms with E-state index in [2.05, 4.69) is 55.0 Å². The van der Waals surface area contributed by atoms with Crippen LogP contribution in [0.3, 0.4) is 0 Å². The second-order valence-corrected chi connectivity index (χ2v) is 15.0. The zero-order valence-corrected chi connectivity index (χ0v) is 23.3. The molecule has 2 spiro atoms. The van der Waals surface area contributed by atoms with Crippen molar-refractivity contribution in [2.75, 3.05) is 0 Å². The molecule has 5 rings (SSSR count). The van der Waals surface area contributed by atoms with E-state index in [1.807, 2.05) is 0 Å². The highest BCUT2D eigenvalue weighted by Gasteiger charge is 2.82. The van der Waals surface area contributed by atoms with Gasteiger partial charge in [0.15, 0.2) is 0 Å². The molecule has 0 heterocycles. The first-order chi connectivity index (χ1) is 15.9. The van der Waals surface area contributed by atoms with Crippen LogP contribution in [0.1, 0.15) is 119 Å². The third kappa shape index (κ3) is 3.01. The Bertz CT molecular complexity index is 844. The van der Waals surface area contributed by atoms with Crippen LogP contribution in [0.5, 0.6) is 0 Å². The second-order valence-electron chi connectivity index (χ2n) is 15.0. The highest BCUT2D eigenvalue weighted by Crippen LogP contribution is 2.89. The third-order valence-electron chi connectivity index (χ3n) is 13.9. The van der Waals surface area contributed by atoms with Crippen molar-refractivity contribution in [3.05, 3.63) is 12.2 Å². The lowest BCUT2D eigenvalue weighted by Gasteiger charge is -2.63. The Morgan fingerprint density at radius 2 is 1.59 bits per heavy atom. The van der Waals surface area contributed by atoms with Crippen LogP contribution in [0, 0.1) is 56.7 Å². The van der Waals surface area contributed by atoms with Gasteiger partial charge in [-0.05, 0) is 129 Å². The summed E-state index contributed by atoms with van der Waals surface area (Å²) in [6, 6.07) is 0. The molecule has 0 aromatic rings. The highest BCUT2D eigenvalue weighted by molar-refractivity contribution is 5.38. The molecule has 0 bridgehead atoms. The molecule has 192 valence electrons. The second kappa shape index (κ2) is 7.85. The number of carbonyl (C=O) groups is 1. The number of rotatable bonds is 7. The first-order valence-corrected chi connectivity index (χ1v) is 14.6. The van der Waals surface area contributed by atoms with Crippen LogP contribution in [-0.2, 0) is 9.53 Å². The molecule has 5 saturated carbocycles. The van der Waals surface area contributed by atoms with Gasteiger partial charge in [-0.2, -0.15) is 0 Å². The Morgan fingerprint density at radius 1 is 0.912 bits per heavy atom. The van der Waals surface area contributed by atoms with E-state index < -0.39 is 0 Å². The van der Waals surface area contributed by atoms with E-state index in [0.717, 1.165) is 30.1 Å². The summed E-state index contributed by atoms with van der Waals surface area (Å²) < 4.78 is 5.66. The van der Waals surface area contributed by atoms with Crippen molar-refractivity contribution >= 4 is 6.47 Å². The van der Waals surface area contributed by atoms with Crippen molar-refractivity contribution < 1.29 is 9.53 Å². The molecule has 34 heavy (non-hydrogen) atoms. The van der Waals surface area contributed by atoms with E-state index in [0.29, 0.717) is 34.1 Å². The minimum Gasteiger partial charge on any atom is -0.464 e. The molecule has 0 aromatic carbocycles. The topological polar surface area (TPSA) is 26.3 Å². The maximum atomic E-state index is 11.2. The number of hydrogen-bond donors (Lipinski definition) is 0. The van der Waals surface area contributed by atoms with Gasteiger partial charge >= 0.3 is 0 Å². The van der Waals surface area contributed by atoms with Crippen LogP contribution in [0.2, 0.25) is 0 Å². The summed E-state index contributed by atoms with van der Waals surface area (Å²) in [6.07, 6.45) is 15.1. The summed E-state index contributed by atoms with van der Waals surface area (Å²) in [5.41, 5.74) is 3.58. The molecule has 0 amide bonds. The number of ether oxygens (including phenoxy) is 1. The Kier molecular flexibility index (Phi) is 5.75. The van der Waals surface area contributed by atoms with Gasteiger partial charge in [0.1, 0.15) is 6.10 Å². The van der Waals surface area contributed by atoms with E-state index in [1.165, 1.54) is 69.8 Å². The standard InChI is InChI=1S/C32H52O2/c1-21(2)22(3)9-10-23(4)24-13-15-30(8)26-12-11-25-28(5,6)27(34-20-33)14-16-31(25)19-32(26,31)18-17-29(24,30)7/h20,22-27H,1,9-19H2,2-8H3/t22-,23+,24+,25-,26-,27-,29+,30-,31+,32-/m0/s1. The van der Waals surface area contributed by atoms with Crippen LogP contribution >= 0.6 is 0 Å². The van der Waals surface area contributed by atoms with Gasteiger partial charge in [0, 0.05) is 5.41 Å². The van der Waals surface area contributed by atoms with Crippen LogP contribution in [0.25, 0.3) is 0 Å². The number of allylic oxidation sites excluding steroid dienone is 1. The molecular weight excluding hydrogens is 416 g/mol.